The number of fused-ring (bicyclic) bond motifs is 2. The first-order valence-corrected chi connectivity index (χ1v) is 16.5. The Labute approximate surface area is 240 Å². The smallest absolute Gasteiger partial charge is 0.260 e. The molecule has 36 heavy (non-hydrogen) atoms. The van der Waals surface area contributed by atoms with E-state index in [-0.39, 0.29) is 11.8 Å². The van der Waals surface area contributed by atoms with Crippen LogP contribution in [0.25, 0.3) is 11.1 Å². The molecule has 0 fully saturated rings. The zero-order valence-electron chi connectivity index (χ0n) is 21.7. The lowest BCUT2D eigenvalue weighted by atomic mass is 9.98. The molecule has 0 saturated carbocycles. The standard InChI is InChI=1S/C28H36Br2N2O2S2/c1-5-9-11-17(7-3)15-31-19-13-21(29)35-25(19)23(27(31)33)24-26-20(14-22(30)36-26)32(28(24)34)16-18(8-4)12-10-6-2/h13-14,17-18H,5-12,15-16H2,1-4H3/b24-23+. The van der Waals surface area contributed by atoms with E-state index in [0.29, 0.717) is 36.1 Å². The summed E-state index contributed by atoms with van der Waals surface area (Å²) in [6, 6.07) is 4.11. The lowest BCUT2D eigenvalue weighted by molar-refractivity contribution is -0.114. The third-order valence-corrected chi connectivity index (χ3v) is 10.8. The average molecular weight is 657 g/mol. The number of thiophene rings is 2. The first-order valence-electron chi connectivity index (χ1n) is 13.3. The second kappa shape index (κ2) is 12.3. The van der Waals surface area contributed by atoms with Gasteiger partial charge in [0.1, 0.15) is 0 Å². The fraction of sp³-hybridized carbons (Fsp3) is 0.571. The van der Waals surface area contributed by atoms with E-state index in [9.17, 15) is 9.59 Å². The highest BCUT2D eigenvalue weighted by atomic mass is 79.9. The molecule has 2 aromatic rings. The fourth-order valence-corrected chi connectivity index (χ4v) is 8.57. The van der Waals surface area contributed by atoms with Crippen molar-refractivity contribution in [2.45, 2.75) is 79.1 Å². The Kier molecular flexibility index (Phi) is 9.56. The van der Waals surface area contributed by atoms with Gasteiger partial charge in [0, 0.05) is 13.1 Å². The summed E-state index contributed by atoms with van der Waals surface area (Å²) >= 11 is 10.4. The summed E-state index contributed by atoms with van der Waals surface area (Å²) in [7, 11) is 0. The van der Waals surface area contributed by atoms with E-state index in [1.165, 1.54) is 12.8 Å². The van der Waals surface area contributed by atoms with Gasteiger partial charge in [-0.2, -0.15) is 0 Å². The largest absolute Gasteiger partial charge is 0.306 e. The highest BCUT2D eigenvalue weighted by Crippen LogP contribution is 2.53. The zero-order valence-corrected chi connectivity index (χ0v) is 26.5. The van der Waals surface area contributed by atoms with Gasteiger partial charge in [-0.05, 0) is 68.7 Å². The molecule has 0 saturated heterocycles. The van der Waals surface area contributed by atoms with Crippen LogP contribution in [0.2, 0.25) is 0 Å². The van der Waals surface area contributed by atoms with E-state index in [0.717, 1.165) is 67.2 Å². The highest BCUT2D eigenvalue weighted by Gasteiger charge is 2.45. The van der Waals surface area contributed by atoms with Crippen LogP contribution in [0, 0.1) is 11.8 Å². The van der Waals surface area contributed by atoms with Gasteiger partial charge in [0.25, 0.3) is 11.8 Å². The zero-order chi connectivity index (χ0) is 26.0. The summed E-state index contributed by atoms with van der Waals surface area (Å²) in [6.45, 7) is 10.3. The van der Waals surface area contributed by atoms with Crippen LogP contribution in [-0.2, 0) is 9.59 Å². The lowest BCUT2D eigenvalue weighted by Gasteiger charge is -2.24. The summed E-state index contributed by atoms with van der Waals surface area (Å²) in [4.78, 5) is 33.8. The molecule has 8 heteroatoms. The molecule has 196 valence electrons. The predicted molar refractivity (Wildman–Crippen MR) is 162 cm³/mol. The van der Waals surface area contributed by atoms with E-state index in [1.54, 1.807) is 22.7 Å². The molecule has 2 atom stereocenters. The van der Waals surface area contributed by atoms with Crippen molar-refractivity contribution >= 4 is 88.9 Å². The molecule has 2 unspecified atom stereocenters. The van der Waals surface area contributed by atoms with Crippen LogP contribution in [0.1, 0.15) is 88.8 Å². The number of carbonyl (C=O) groups excluding carboxylic acids is 2. The van der Waals surface area contributed by atoms with E-state index in [1.807, 2.05) is 9.80 Å². The number of hydrogen-bond donors (Lipinski definition) is 0. The van der Waals surface area contributed by atoms with Gasteiger partial charge in [-0.25, -0.2) is 0 Å². The van der Waals surface area contributed by atoms with E-state index < -0.39 is 0 Å². The summed E-state index contributed by atoms with van der Waals surface area (Å²) in [5, 5.41) is 0. The third-order valence-electron chi connectivity index (χ3n) is 7.54. The van der Waals surface area contributed by atoms with Crippen molar-refractivity contribution in [3.63, 3.8) is 0 Å². The Morgan fingerprint density at radius 3 is 1.44 bits per heavy atom. The minimum absolute atomic E-state index is 0.0163. The Morgan fingerprint density at radius 1 is 0.722 bits per heavy atom. The molecule has 2 aliphatic heterocycles. The van der Waals surface area contributed by atoms with Crippen LogP contribution >= 0.6 is 54.5 Å². The van der Waals surface area contributed by atoms with Gasteiger partial charge in [-0.3, -0.25) is 9.59 Å². The monoisotopic (exact) mass is 654 g/mol. The molecular weight excluding hydrogens is 620 g/mol. The molecule has 0 aliphatic carbocycles. The average Bonchev–Trinajstić information content (AvgIpc) is 3.55. The lowest BCUT2D eigenvalue weighted by Crippen LogP contribution is -2.34. The molecule has 2 aliphatic rings. The molecule has 4 rings (SSSR count). The van der Waals surface area contributed by atoms with Crippen molar-refractivity contribution in [1.29, 1.82) is 0 Å². The Morgan fingerprint density at radius 2 is 1.11 bits per heavy atom. The van der Waals surface area contributed by atoms with Gasteiger partial charge in [0.2, 0.25) is 0 Å². The van der Waals surface area contributed by atoms with Crippen molar-refractivity contribution in [1.82, 2.24) is 0 Å². The van der Waals surface area contributed by atoms with Crippen molar-refractivity contribution in [2.75, 3.05) is 22.9 Å². The third kappa shape index (κ3) is 5.43. The fourth-order valence-electron chi connectivity index (χ4n) is 5.30. The van der Waals surface area contributed by atoms with Gasteiger partial charge in [-0.15, -0.1) is 22.7 Å². The molecule has 0 spiro atoms. The molecule has 0 radical (unpaired) electrons. The first-order chi connectivity index (χ1) is 17.3. The molecule has 0 bridgehead atoms. The van der Waals surface area contributed by atoms with Crippen molar-refractivity contribution in [2.24, 2.45) is 11.8 Å². The second-order valence-electron chi connectivity index (χ2n) is 9.94. The van der Waals surface area contributed by atoms with Gasteiger partial charge < -0.3 is 9.80 Å². The molecule has 2 aromatic heterocycles. The SMILES string of the molecule is CCCCC(CC)CN1C(=O)/C(=C2/C(=O)N(CC(CC)CCCC)c3cc(Br)sc32)c2sc(Br)cc21. The van der Waals surface area contributed by atoms with Crippen molar-refractivity contribution in [3.05, 3.63) is 29.5 Å². The van der Waals surface area contributed by atoms with Crippen LogP contribution in [0.3, 0.4) is 0 Å². The van der Waals surface area contributed by atoms with Crippen LogP contribution < -0.4 is 9.80 Å². The molecule has 4 heterocycles. The molecule has 0 aromatic carbocycles. The number of carbonyl (C=O) groups is 2. The Hall–Kier alpha value is -0.960. The summed E-state index contributed by atoms with van der Waals surface area (Å²) < 4.78 is 1.98. The number of unbranched alkanes of at least 4 members (excludes halogenated alkanes) is 2. The summed E-state index contributed by atoms with van der Waals surface area (Å²) in [6.07, 6.45) is 8.99. The van der Waals surface area contributed by atoms with Gasteiger partial charge in [0.15, 0.2) is 0 Å². The number of hydrogen-bond acceptors (Lipinski definition) is 4. The van der Waals surface area contributed by atoms with Crippen molar-refractivity contribution in [3.8, 4) is 0 Å². The molecule has 2 amide bonds. The predicted octanol–water partition coefficient (Wildman–Crippen LogP) is 9.37. The minimum Gasteiger partial charge on any atom is -0.306 e. The Balaban J connectivity index is 1.75. The molecule has 0 N–H and O–H groups in total. The van der Waals surface area contributed by atoms with Crippen LogP contribution in [-0.4, -0.2) is 24.9 Å². The molecule has 4 nitrogen and oxygen atoms in total. The first kappa shape index (κ1) is 28.1. The maximum absolute atomic E-state index is 14.0. The van der Waals surface area contributed by atoms with Gasteiger partial charge >= 0.3 is 0 Å². The Bertz CT molecular complexity index is 1060. The van der Waals surface area contributed by atoms with Crippen LogP contribution in [0.5, 0.6) is 0 Å². The molecular formula is C28H36Br2N2O2S2. The number of anilines is 2. The highest BCUT2D eigenvalue weighted by molar-refractivity contribution is 9.11. The number of halogens is 2. The van der Waals surface area contributed by atoms with Crippen LogP contribution in [0.4, 0.5) is 11.4 Å². The number of amides is 2. The summed E-state index contributed by atoms with van der Waals surface area (Å²) in [5.41, 5.74) is 3.09. The topological polar surface area (TPSA) is 40.6 Å². The normalized spacial score (nSPS) is 18.8. The maximum Gasteiger partial charge on any atom is 0.260 e. The quantitative estimate of drug-likeness (QED) is 0.214. The van der Waals surface area contributed by atoms with E-state index in [2.05, 4.69) is 71.7 Å². The van der Waals surface area contributed by atoms with E-state index >= 15 is 0 Å². The minimum atomic E-state index is -0.0163. The van der Waals surface area contributed by atoms with Crippen molar-refractivity contribution < 1.29 is 9.59 Å². The number of nitrogens with zero attached hydrogens (tertiary/aromatic N) is 2. The van der Waals surface area contributed by atoms with Gasteiger partial charge in [0.05, 0.1) is 39.8 Å². The second-order valence-corrected chi connectivity index (χ2v) is 14.8. The summed E-state index contributed by atoms with van der Waals surface area (Å²) in [5.74, 6) is 0.876. The van der Waals surface area contributed by atoms with E-state index in [4.69, 9.17) is 0 Å². The maximum atomic E-state index is 14.0. The van der Waals surface area contributed by atoms with Crippen LogP contribution in [0.15, 0.2) is 19.7 Å². The van der Waals surface area contributed by atoms with Gasteiger partial charge in [-0.1, -0.05) is 66.2 Å². The number of rotatable bonds is 12.